The topological polar surface area (TPSA) is 70.1 Å². The van der Waals surface area contributed by atoms with E-state index in [0.29, 0.717) is 11.6 Å². The minimum Gasteiger partial charge on any atom is -0.414 e. The lowest BCUT2D eigenvalue weighted by molar-refractivity contribution is 0.261. The van der Waals surface area contributed by atoms with Crippen molar-refractivity contribution in [1.29, 1.82) is 0 Å². The molecule has 5 rings (SSSR count). The molecule has 0 N–H and O–H groups in total. The average Bonchev–Trinajstić information content (AvgIpc) is 3.41. The molecule has 0 radical (unpaired) electrons. The highest BCUT2D eigenvalue weighted by molar-refractivity contribution is 6.74. The van der Waals surface area contributed by atoms with Gasteiger partial charge in [-0.1, -0.05) is 50.6 Å². The van der Waals surface area contributed by atoms with Crippen LogP contribution in [0, 0.1) is 6.92 Å². The van der Waals surface area contributed by atoms with Gasteiger partial charge in [-0.15, -0.1) is 10.2 Å². The summed E-state index contributed by atoms with van der Waals surface area (Å²) in [4.78, 5) is 5.32. The van der Waals surface area contributed by atoms with Gasteiger partial charge in [-0.25, -0.2) is 0 Å². The smallest absolute Gasteiger partial charge is 0.192 e. The molecule has 3 heterocycles. The van der Waals surface area contributed by atoms with Crippen molar-refractivity contribution in [2.45, 2.75) is 51.9 Å². The Bertz CT molecular complexity index is 1480. The van der Waals surface area contributed by atoms with Crippen LogP contribution < -0.4 is 0 Å². The van der Waals surface area contributed by atoms with E-state index in [1.54, 1.807) is 0 Å². The minimum atomic E-state index is -2.01. The summed E-state index contributed by atoms with van der Waals surface area (Å²) in [6.45, 7) is 13.7. The van der Waals surface area contributed by atoms with Crippen LogP contribution in [0.2, 0.25) is 23.2 Å². The summed E-state index contributed by atoms with van der Waals surface area (Å²) >= 11 is 6.25. The van der Waals surface area contributed by atoms with Crippen LogP contribution in [0.1, 0.15) is 49.6 Å². The molecule has 0 aliphatic carbocycles. The van der Waals surface area contributed by atoms with Gasteiger partial charge in [0.05, 0.1) is 24.2 Å². The van der Waals surface area contributed by atoms with Crippen molar-refractivity contribution < 1.29 is 4.43 Å². The third kappa shape index (κ3) is 4.81. The first kappa shape index (κ1) is 25.6. The van der Waals surface area contributed by atoms with E-state index in [9.17, 15) is 0 Å². The van der Waals surface area contributed by atoms with Crippen LogP contribution in [0.25, 0.3) is 16.8 Å². The molecule has 0 spiro atoms. The van der Waals surface area contributed by atoms with Gasteiger partial charge in [0, 0.05) is 35.0 Å². The van der Waals surface area contributed by atoms with E-state index in [1.165, 1.54) is 0 Å². The first-order chi connectivity index (χ1) is 17.4. The zero-order valence-electron chi connectivity index (χ0n) is 22.5. The number of aryl methyl sites for hydroxylation is 2. The van der Waals surface area contributed by atoms with Gasteiger partial charge in [0.1, 0.15) is 11.9 Å². The molecule has 0 unspecified atom stereocenters. The van der Waals surface area contributed by atoms with Crippen molar-refractivity contribution in [2.75, 3.05) is 6.61 Å². The number of nitrogens with zero attached hydrogens (tertiary/aromatic N) is 6. The fraction of sp³-hybridized carbons (Fsp3) is 0.357. The van der Waals surface area contributed by atoms with Crippen LogP contribution in [0.5, 0.6) is 0 Å². The van der Waals surface area contributed by atoms with E-state index in [1.807, 2.05) is 55.3 Å². The molecule has 7 nitrogen and oxygen atoms in total. The highest BCUT2D eigenvalue weighted by atomic mass is 35.5. The van der Waals surface area contributed by atoms with Gasteiger partial charge >= 0.3 is 0 Å². The van der Waals surface area contributed by atoms with E-state index in [2.05, 4.69) is 71.9 Å². The van der Waals surface area contributed by atoms with Gasteiger partial charge in [0.15, 0.2) is 14.1 Å². The van der Waals surface area contributed by atoms with Crippen LogP contribution in [0.15, 0.2) is 59.9 Å². The zero-order valence-corrected chi connectivity index (χ0v) is 24.2. The monoisotopic (exact) mass is 532 g/mol. The molecule has 9 heteroatoms. The van der Waals surface area contributed by atoms with Gasteiger partial charge in [0.25, 0.3) is 0 Å². The third-order valence-corrected chi connectivity index (χ3v) is 12.2. The maximum atomic E-state index is 6.67. The molecule has 0 fully saturated rings. The Morgan fingerprint density at radius 2 is 1.70 bits per heavy atom. The molecule has 1 aliphatic rings. The molecule has 0 bridgehead atoms. The summed E-state index contributed by atoms with van der Waals surface area (Å²) in [5.41, 5.74) is 5.98. The van der Waals surface area contributed by atoms with Crippen LogP contribution in [-0.4, -0.2) is 45.2 Å². The molecule has 37 heavy (non-hydrogen) atoms. The first-order valence-electron chi connectivity index (χ1n) is 12.5. The quantitative estimate of drug-likeness (QED) is 0.273. The summed E-state index contributed by atoms with van der Waals surface area (Å²) in [5, 5.41) is 14.2. The summed E-state index contributed by atoms with van der Waals surface area (Å²) in [6.07, 6.45) is 3.89. The summed E-state index contributed by atoms with van der Waals surface area (Å²) in [6, 6.07) is 14.0. The van der Waals surface area contributed by atoms with E-state index in [4.69, 9.17) is 21.0 Å². The van der Waals surface area contributed by atoms with Gasteiger partial charge in [0.2, 0.25) is 0 Å². The second-order valence-electron chi connectivity index (χ2n) is 11.1. The summed E-state index contributed by atoms with van der Waals surface area (Å²) in [7, 11) is -0.0886. The predicted octanol–water partition coefficient (Wildman–Crippen LogP) is 6.54. The fourth-order valence-electron chi connectivity index (χ4n) is 4.30. The number of hydrogen-bond acceptors (Lipinski definition) is 5. The molecule has 0 amide bonds. The van der Waals surface area contributed by atoms with Crippen molar-refractivity contribution in [1.82, 2.24) is 24.5 Å². The maximum Gasteiger partial charge on any atom is 0.192 e. The normalized spacial score (nSPS) is 15.7. The number of aromatic nitrogens is 5. The molecular formula is C28H33ClN6OSi. The Morgan fingerprint density at radius 1 is 1.00 bits per heavy atom. The molecule has 0 saturated carbocycles. The van der Waals surface area contributed by atoms with E-state index in [0.717, 1.165) is 45.3 Å². The number of fused-ring (bicyclic) bond motifs is 3. The maximum absolute atomic E-state index is 6.67. The third-order valence-electron chi connectivity index (χ3n) is 7.49. The molecule has 2 aromatic heterocycles. The van der Waals surface area contributed by atoms with Crippen molar-refractivity contribution >= 4 is 25.6 Å². The predicted molar refractivity (Wildman–Crippen MR) is 151 cm³/mol. The van der Waals surface area contributed by atoms with Gasteiger partial charge in [-0.05, 0) is 54.9 Å². The van der Waals surface area contributed by atoms with Gasteiger partial charge in [-0.3, -0.25) is 14.2 Å². The lowest BCUT2D eigenvalue weighted by atomic mass is 9.96. The Balaban J connectivity index is 1.70. The standard InChI is InChI=1S/C28H33ClN6OSi/c1-18-32-33-27-24(17-36-37(6,7)28(2,3)4)31-26(19-8-11-22(29)12-9-19)23-14-20(10-13-25(23)35(18)27)21-15-30-34(5)16-21/h8-16,24H,17H2,1-7H3/t24-/m0/s1. The average molecular weight is 533 g/mol. The Morgan fingerprint density at radius 3 is 2.35 bits per heavy atom. The van der Waals surface area contributed by atoms with Crippen LogP contribution >= 0.6 is 11.6 Å². The van der Waals surface area contributed by atoms with Crippen molar-refractivity contribution in [3.63, 3.8) is 0 Å². The minimum absolute atomic E-state index is 0.0889. The SMILES string of the molecule is Cc1nnc2n1-c1ccc(-c3cnn(C)c3)cc1C(c1ccc(Cl)cc1)=N[C@H]2CO[Si](C)(C)C(C)(C)C. The molecule has 2 aromatic carbocycles. The van der Waals surface area contributed by atoms with Crippen LogP contribution in [-0.2, 0) is 11.5 Å². The van der Waals surface area contributed by atoms with Gasteiger partial charge < -0.3 is 4.43 Å². The lowest BCUT2D eigenvalue weighted by Crippen LogP contribution is -2.41. The molecule has 1 aliphatic heterocycles. The van der Waals surface area contributed by atoms with Crippen molar-refractivity contribution in [3.8, 4) is 16.8 Å². The van der Waals surface area contributed by atoms with E-state index < -0.39 is 8.32 Å². The highest BCUT2D eigenvalue weighted by Gasteiger charge is 2.39. The Hall–Kier alpha value is -3.07. The number of halogens is 1. The Labute approximate surface area is 224 Å². The zero-order chi connectivity index (χ0) is 26.5. The van der Waals surface area contributed by atoms with Crippen molar-refractivity contribution in [2.24, 2.45) is 12.0 Å². The molecule has 4 aromatic rings. The fourth-order valence-corrected chi connectivity index (χ4v) is 5.43. The van der Waals surface area contributed by atoms with Crippen LogP contribution in [0.3, 0.4) is 0 Å². The molecule has 192 valence electrons. The summed E-state index contributed by atoms with van der Waals surface area (Å²) < 4.78 is 10.6. The Kier molecular flexibility index (Phi) is 6.46. The second kappa shape index (κ2) is 9.35. The molecule has 1 atom stereocenters. The van der Waals surface area contributed by atoms with Crippen LogP contribution in [0.4, 0.5) is 0 Å². The largest absolute Gasteiger partial charge is 0.414 e. The second-order valence-corrected chi connectivity index (χ2v) is 16.4. The molecular weight excluding hydrogens is 500 g/mol. The number of benzene rings is 2. The van der Waals surface area contributed by atoms with E-state index >= 15 is 0 Å². The van der Waals surface area contributed by atoms with Gasteiger partial charge in [-0.2, -0.15) is 5.10 Å². The number of rotatable bonds is 5. The molecule has 0 saturated heterocycles. The van der Waals surface area contributed by atoms with Crippen molar-refractivity contribution in [3.05, 3.63) is 82.7 Å². The lowest BCUT2D eigenvalue weighted by Gasteiger charge is -2.36. The van der Waals surface area contributed by atoms with E-state index in [-0.39, 0.29) is 11.1 Å². The first-order valence-corrected chi connectivity index (χ1v) is 15.8. The highest BCUT2D eigenvalue weighted by Crippen LogP contribution is 2.39. The number of aliphatic imine (C=N–C) groups is 1. The number of hydrogen-bond donors (Lipinski definition) is 0. The summed E-state index contributed by atoms with van der Waals surface area (Å²) in [5.74, 6) is 1.60.